The highest BCUT2D eigenvalue weighted by atomic mass is 16.5. The maximum atomic E-state index is 5.86. The summed E-state index contributed by atoms with van der Waals surface area (Å²) in [5.74, 6) is 2.57. The Bertz CT molecular complexity index is 785. The number of methoxy groups -OCH3 is 1. The molecule has 1 N–H and O–H groups in total. The highest BCUT2D eigenvalue weighted by molar-refractivity contribution is 5.54. The lowest BCUT2D eigenvalue weighted by molar-refractivity contribution is 0.286. The average molecular weight is 355 g/mol. The second kappa shape index (κ2) is 8.00. The van der Waals surface area contributed by atoms with Crippen LogP contribution >= 0.6 is 0 Å². The normalized spacial score (nSPS) is 16.1. The van der Waals surface area contributed by atoms with E-state index in [1.165, 1.54) is 27.8 Å². The molecule has 4 heteroatoms. The maximum Gasteiger partial charge on any atom is 0.161 e. The predicted octanol–water partition coefficient (Wildman–Crippen LogP) is 4.34. The summed E-state index contributed by atoms with van der Waals surface area (Å²) in [5, 5.41) is 3.66. The number of hydrogen-bond donors (Lipinski definition) is 1. The third-order valence-electron chi connectivity index (χ3n) is 5.02. The van der Waals surface area contributed by atoms with Crippen LogP contribution in [0.2, 0.25) is 0 Å². The van der Waals surface area contributed by atoms with E-state index in [0.29, 0.717) is 13.2 Å². The van der Waals surface area contributed by atoms with Gasteiger partial charge in [0.2, 0.25) is 0 Å². The van der Waals surface area contributed by atoms with Gasteiger partial charge in [0.1, 0.15) is 5.75 Å². The monoisotopic (exact) mass is 355 g/mol. The lowest BCUT2D eigenvalue weighted by atomic mass is 9.87. The van der Waals surface area contributed by atoms with E-state index >= 15 is 0 Å². The average Bonchev–Trinajstić information content (AvgIpc) is 2.64. The van der Waals surface area contributed by atoms with E-state index in [0.717, 1.165) is 30.2 Å². The molecule has 0 saturated heterocycles. The zero-order chi connectivity index (χ0) is 18.7. The van der Waals surface area contributed by atoms with Crippen molar-refractivity contribution in [3.63, 3.8) is 0 Å². The number of hydrogen-bond acceptors (Lipinski definition) is 4. The molecule has 140 valence electrons. The summed E-state index contributed by atoms with van der Waals surface area (Å²) in [6.07, 6.45) is 0.978. The van der Waals surface area contributed by atoms with Crippen LogP contribution in [0.1, 0.15) is 47.7 Å². The van der Waals surface area contributed by atoms with Crippen LogP contribution in [0.15, 0.2) is 24.3 Å². The third-order valence-corrected chi connectivity index (χ3v) is 5.02. The minimum Gasteiger partial charge on any atom is -0.496 e. The lowest BCUT2D eigenvalue weighted by Crippen LogP contribution is -2.31. The molecule has 26 heavy (non-hydrogen) atoms. The second-order valence-electron chi connectivity index (χ2n) is 6.68. The molecule has 1 atom stereocenters. The molecule has 0 aromatic heterocycles. The smallest absolute Gasteiger partial charge is 0.161 e. The van der Waals surface area contributed by atoms with Gasteiger partial charge in [0.05, 0.1) is 26.4 Å². The molecular formula is C22H29NO3. The van der Waals surface area contributed by atoms with Gasteiger partial charge in [-0.1, -0.05) is 6.07 Å². The van der Waals surface area contributed by atoms with Gasteiger partial charge in [-0.15, -0.1) is 0 Å². The van der Waals surface area contributed by atoms with Gasteiger partial charge in [0.15, 0.2) is 11.5 Å². The Hall–Kier alpha value is -2.20. The van der Waals surface area contributed by atoms with Crippen LogP contribution < -0.4 is 19.5 Å². The first-order chi connectivity index (χ1) is 12.6. The van der Waals surface area contributed by atoms with Crippen molar-refractivity contribution in [2.24, 2.45) is 0 Å². The minimum absolute atomic E-state index is 0.0860. The Balaban J connectivity index is 2.11. The van der Waals surface area contributed by atoms with Crippen LogP contribution in [0.5, 0.6) is 17.2 Å². The molecule has 4 nitrogen and oxygen atoms in total. The van der Waals surface area contributed by atoms with E-state index in [9.17, 15) is 0 Å². The number of aryl methyl sites for hydroxylation is 2. The van der Waals surface area contributed by atoms with E-state index in [-0.39, 0.29) is 6.04 Å². The van der Waals surface area contributed by atoms with Crippen molar-refractivity contribution in [3.05, 3.63) is 52.1 Å². The molecule has 0 radical (unpaired) electrons. The van der Waals surface area contributed by atoms with Crippen molar-refractivity contribution in [2.45, 2.75) is 40.2 Å². The van der Waals surface area contributed by atoms with Crippen molar-refractivity contribution in [1.29, 1.82) is 0 Å². The van der Waals surface area contributed by atoms with E-state index in [1.54, 1.807) is 7.11 Å². The van der Waals surface area contributed by atoms with Crippen LogP contribution in [0.3, 0.4) is 0 Å². The molecule has 2 aromatic carbocycles. The summed E-state index contributed by atoms with van der Waals surface area (Å²) in [6.45, 7) is 10.4. The first kappa shape index (κ1) is 18.6. The van der Waals surface area contributed by atoms with Crippen LogP contribution in [-0.4, -0.2) is 26.9 Å². The molecule has 0 spiro atoms. The van der Waals surface area contributed by atoms with Crippen LogP contribution in [-0.2, 0) is 6.42 Å². The van der Waals surface area contributed by atoms with Gasteiger partial charge < -0.3 is 19.5 Å². The summed E-state index contributed by atoms with van der Waals surface area (Å²) >= 11 is 0. The number of nitrogens with one attached hydrogen (secondary N) is 1. The van der Waals surface area contributed by atoms with Gasteiger partial charge in [0.25, 0.3) is 0 Å². The molecule has 0 saturated carbocycles. The number of rotatable bonds is 6. The fraction of sp³-hybridized carbons (Fsp3) is 0.455. The Labute approximate surface area is 156 Å². The summed E-state index contributed by atoms with van der Waals surface area (Å²) < 4.78 is 17.4. The van der Waals surface area contributed by atoms with E-state index < -0.39 is 0 Å². The third kappa shape index (κ3) is 3.51. The molecule has 1 heterocycles. The standard InChI is InChI=1S/C22H29NO3/c1-6-25-20-12-16-8-9-23-22(17(16)13-21(20)26-7-2)18-10-14(3)15(4)11-19(18)24-5/h10-13,22-23H,6-9H2,1-5H3. The largest absolute Gasteiger partial charge is 0.496 e. The molecule has 1 unspecified atom stereocenters. The van der Waals surface area contributed by atoms with Crippen LogP contribution in [0.4, 0.5) is 0 Å². The molecule has 1 aliphatic rings. The fourth-order valence-corrected chi connectivity index (χ4v) is 3.59. The lowest BCUT2D eigenvalue weighted by Gasteiger charge is -2.30. The Morgan fingerprint density at radius 3 is 2.19 bits per heavy atom. The quantitative estimate of drug-likeness (QED) is 0.836. The summed E-state index contributed by atoms with van der Waals surface area (Å²) in [7, 11) is 1.74. The minimum atomic E-state index is 0.0860. The maximum absolute atomic E-state index is 5.86. The highest BCUT2D eigenvalue weighted by Crippen LogP contribution is 2.40. The molecule has 0 aliphatic carbocycles. The number of benzene rings is 2. The Morgan fingerprint density at radius 2 is 1.54 bits per heavy atom. The molecule has 1 aliphatic heterocycles. The van der Waals surface area contributed by atoms with Crippen molar-refractivity contribution >= 4 is 0 Å². The number of ether oxygens (including phenoxy) is 3. The molecule has 0 bridgehead atoms. The highest BCUT2D eigenvalue weighted by Gasteiger charge is 2.26. The van der Waals surface area contributed by atoms with Crippen molar-refractivity contribution in [1.82, 2.24) is 5.32 Å². The predicted molar refractivity (Wildman–Crippen MR) is 105 cm³/mol. The van der Waals surface area contributed by atoms with Gasteiger partial charge >= 0.3 is 0 Å². The van der Waals surface area contributed by atoms with Crippen molar-refractivity contribution in [2.75, 3.05) is 26.9 Å². The van der Waals surface area contributed by atoms with E-state index in [4.69, 9.17) is 14.2 Å². The summed E-state index contributed by atoms with van der Waals surface area (Å²) in [4.78, 5) is 0. The SMILES string of the molecule is CCOc1cc2c(cc1OCC)C(c1cc(C)c(C)cc1OC)NCC2. The fourth-order valence-electron chi connectivity index (χ4n) is 3.59. The molecule has 3 rings (SSSR count). The van der Waals surface area contributed by atoms with Crippen molar-refractivity contribution in [3.8, 4) is 17.2 Å². The van der Waals surface area contributed by atoms with Gasteiger partial charge in [-0.05, 0) is 74.6 Å². The van der Waals surface area contributed by atoms with Gasteiger partial charge in [-0.25, -0.2) is 0 Å². The Morgan fingerprint density at radius 1 is 0.885 bits per heavy atom. The van der Waals surface area contributed by atoms with E-state index in [2.05, 4.69) is 43.4 Å². The second-order valence-corrected chi connectivity index (χ2v) is 6.68. The van der Waals surface area contributed by atoms with Gasteiger partial charge in [-0.3, -0.25) is 0 Å². The molecular weight excluding hydrogens is 326 g/mol. The topological polar surface area (TPSA) is 39.7 Å². The molecule has 0 fully saturated rings. The summed E-state index contributed by atoms with van der Waals surface area (Å²) in [6, 6.07) is 8.72. The summed E-state index contributed by atoms with van der Waals surface area (Å²) in [5.41, 5.74) is 6.22. The van der Waals surface area contributed by atoms with Crippen LogP contribution in [0, 0.1) is 13.8 Å². The van der Waals surface area contributed by atoms with Gasteiger partial charge in [-0.2, -0.15) is 0 Å². The first-order valence-corrected chi connectivity index (χ1v) is 9.39. The first-order valence-electron chi connectivity index (χ1n) is 9.39. The molecule has 0 amide bonds. The van der Waals surface area contributed by atoms with Crippen molar-refractivity contribution < 1.29 is 14.2 Å². The number of fused-ring (bicyclic) bond motifs is 1. The van der Waals surface area contributed by atoms with Gasteiger partial charge in [0, 0.05) is 12.1 Å². The van der Waals surface area contributed by atoms with E-state index in [1.807, 2.05) is 13.8 Å². The zero-order valence-electron chi connectivity index (χ0n) is 16.4. The zero-order valence-corrected chi connectivity index (χ0v) is 16.4. The molecule has 2 aromatic rings. The van der Waals surface area contributed by atoms with Crippen LogP contribution in [0.25, 0.3) is 0 Å². The Kier molecular flexibility index (Phi) is 5.72.